The maximum atomic E-state index is 12.5. The van der Waals surface area contributed by atoms with Crippen molar-refractivity contribution in [3.8, 4) is 0 Å². The Labute approximate surface area is 181 Å². The van der Waals surface area contributed by atoms with E-state index in [0.717, 1.165) is 42.2 Å². The van der Waals surface area contributed by atoms with Crippen LogP contribution in [0, 0.1) is 0 Å². The van der Waals surface area contributed by atoms with Gasteiger partial charge in [0.1, 0.15) is 5.82 Å². The van der Waals surface area contributed by atoms with Gasteiger partial charge in [0.25, 0.3) is 5.91 Å². The Kier molecular flexibility index (Phi) is 6.24. The van der Waals surface area contributed by atoms with Gasteiger partial charge in [0, 0.05) is 44.1 Å². The molecule has 0 unspecified atom stereocenters. The molecular weight excluding hydrogens is 398 g/mol. The summed E-state index contributed by atoms with van der Waals surface area (Å²) in [6.07, 6.45) is 2.43. The van der Waals surface area contributed by atoms with Crippen LogP contribution >= 0.6 is 11.3 Å². The molecule has 8 heteroatoms. The fourth-order valence-corrected chi connectivity index (χ4v) is 5.08. The molecule has 1 saturated heterocycles. The largest absolute Gasteiger partial charge is 0.354 e. The molecule has 0 spiro atoms. The van der Waals surface area contributed by atoms with Crippen molar-refractivity contribution < 1.29 is 9.59 Å². The summed E-state index contributed by atoms with van der Waals surface area (Å²) in [6, 6.07) is 2.40. The number of anilines is 1. The van der Waals surface area contributed by atoms with Crippen molar-refractivity contribution in [3.63, 3.8) is 0 Å². The normalized spacial score (nSPS) is 17.5. The number of amides is 2. The van der Waals surface area contributed by atoms with Gasteiger partial charge in [-0.1, -0.05) is 0 Å². The topological polar surface area (TPSA) is 77.6 Å². The van der Waals surface area contributed by atoms with Gasteiger partial charge in [-0.3, -0.25) is 14.5 Å². The van der Waals surface area contributed by atoms with E-state index in [4.69, 9.17) is 4.98 Å². The average molecular weight is 430 g/mol. The van der Waals surface area contributed by atoms with Crippen molar-refractivity contribution in [1.82, 2.24) is 20.5 Å². The standard InChI is InChI=1S/C22H31N5O2S/c1-4-23-22(29)17-13-30-21-16(15-5-6-15)11-18(25-20(17)21)27-9-7-26(8-10-27)12-19(28)24-14(2)3/h11,13-15H,4-10,12H2,1-3H3,(H,23,29)(H,24,28). The highest BCUT2D eigenvalue weighted by atomic mass is 32.1. The first-order valence-electron chi connectivity index (χ1n) is 10.9. The van der Waals surface area contributed by atoms with Gasteiger partial charge < -0.3 is 15.5 Å². The Hall–Kier alpha value is -2.19. The third-order valence-electron chi connectivity index (χ3n) is 5.65. The minimum Gasteiger partial charge on any atom is -0.354 e. The molecule has 0 bridgehead atoms. The lowest BCUT2D eigenvalue weighted by atomic mass is 10.1. The van der Waals surface area contributed by atoms with Crippen LogP contribution < -0.4 is 15.5 Å². The molecule has 2 fully saturated rings. The van der Waals surface area contributed by atoms with Crippen LogP contribution in [0.25, 0.3) is 10.2 Å². The van der Waals surface area contributed by atoms with Gasteiger partial charge >= 0.3 is 0 Å². The average Bonchev–Trinajstić information content (AvgIpc) is 3.46. The third-order valence-corrected chi connectivity index (χ3v) is 6.67. The lowest BCUT2D eigenvalue weighted by Crippen LogP contribution is -2.50. The van der Waals surface area contributed by atoms with E-state index in [0.29, 0.717) is 24.6 Å². The van der Waals surface area contributed by atoms with Gasteiger partial charge in [-0.05, 0) is 51.2 Å². The second-order valence-electron chi connectivity index (χ2n) is 8.52. The van der Waals surface area contributed by atoms with E-state index in [1.165, 1.54) is 18.4 Å². The van der Waals surface area contributed by atoms with Crippen LogP contribution in [-0.2, 0) is 4.79 Å². The van der Waals surface area contributed by atoms with Crippen LogP contribution in [0.3, 0.4) is 0 Å². The first-order valence-corrected chi connectivity index (χ1v) is 11.8. The molecule has 1 saturated carbocycles. The molecule has 2 aromatic rings. The van der Waals surface area contributed by atoms with Crippen LogP contribution in [0.5, 0.6) is 0 Å². The number of rotatable bonds is 7. The first kappa shape index (κ1) is 21.1. The Morgan fingerprint density at radius 3 is 2.60 bits per heavy atom. The van der Waals surface area contributed by atoms with Crippen LogP contribution in [0.2, 0.25) is 0 Å². The summed E-state index contributed by atoms with van der Waals surface area (Å²) in [7, 11) is 0. The van der Waals surface area contributed by atoms with Crippen molar-refractivity contribution in [1.29, 1.82) is 0 Å². The van der Waals surface area contributed by atoms with E-state index in [2.05, 4.69) is 26.5 Å². The molecular formula is C22H31N5O2S. The van der Waals surface area contributed by atoms with Crippen LogP contribution in [0.4, 0.5) is 5.82 Å². The molecule has 1 aliphatic carbocycles. The lowest BCUT2D eigenvalue weighted by molar-refractivity contribution is -0.122. The maximum Gasteiger partial charge on any atom is 0.254 e. The molecule has 0 aromatic carbocycles. The van der Waals surface area contributed by atoms with Gasteiger partial charge in [0.05, 0.1) is 22.3 Å². The molecule has 2 aliphatic rings. The smallest absolute Gasteiger partial charge is 0.254 e. The number of carbonyl (C=O) groups excluding carboxylic acids is 2. The number of piperazine rings is 1. The third kappa shape index (κ3) is 4.59. The highest BCUT2D eigenvalue weighted by Crippen LogP contribution is 2.46. The van der Waals surface area contributed by atoms with Crippen molar-refractivity contribution in [2.24, 2.45) is 0 Å². The Morgan fingerprint density at radius 1 is 1.23 bits per heavy atom. The highest BCUT2D eigenvalue weighted by Gasteiger charge is 2.30. The summed E-state index contributed by atoms with van der Waals surface area (Å²) in [5.74, 6) is 1.59. The number of nitrogens with one attached hydrogen (secondary N) is 2. The predicted molar refractivity (Wildman–Crippen MR) is 122 cm³/mol. The summed E-state index contributed by atoms with van der Waals surface area (Å²) in [4.78, 5) is 34.0. The number of aromatic nitrogens is 1. The maximum absolute atomic E-state index is 12.5. The van der Waals surface area contributed by atoms with Gasteiger partial charge in [0.15, 0.2) is 0 Å². The van der Waals surface area contributed by atoms with Crippen LogP contribution in [0.15, 0.2) is 11.4 Å². The fraction of sp³-hybridized carbons (Fsp3) is 0.591. The molecule has 2 amide bonds. The van der Waals surface area contributed by atoms with Crippen molar-refractivity contribution in [2.75, 3.05) is 44.2 Å². The minimum atomic E-state index is -0.0452. The second-order valence-corrected chi connectivity index (χ2v) is 9.40. The van der Waals surface area contributed by atoms with E-state index >= 15 is 0 Å². The van der Waals surface area contributed by atoms with Gasteiger partial charge in [-0.15, -0.1) is 11.3 Å². The van der Waals surface area contributed by atoms with E-state index < -0.39 is 0 Å². The Bertz CT molecular complexity index is 929. The van der Waals surface area contributed by atoms with Crippen LogP contribution in [0.1, 0.15) is 55.5 Å². The van der Waals surface area contributed by atoms with Crippen molar-refractivity contribution in [2.45, 2.75) is 45.6 Å². The van der Waals surface area contributed by atoms with E-state index in [9.17, 15) is 9.59 Å². The lowest BCUT2D eigenvalue weighted by Gasteiger charge is -2.35. The zero-order valence-corrected chi connectivity index (χ0v) is 18.8. The number of nitrogens with zero attached hydrogens (tertiary/aromatic N) is 3. The number of hydrogen-bond acceptors (Lipinski definition) is 6. The molecule has 162 valence electrons. The van der Waals surface area contributed by atoms with Gasteiger partial charge in [0.2, 0.25) is 5.91 Å². The van der Waals surface area contributed by atoms with Gasteiger partial charge in [-0.2, -0.15) is 0 Å². The molecule has 30 heavy (non-hydrogen) atoms. The molecule has 2 N–H and O–H groups in total. The first-order chi connectivity index (χ1) is 14.5. The second kappa shape index (κ2) is 8.89. The fourth-order valence-electron chi connectivity index (χ4n) is 4.00. The number of hydrogen-bond donors (Lipinski definition) is 2. The quantitative estimate of drug-likeness (QED) is 0.707. The van der Waals surface area contributed by atoms with Crippen molar-refractivity contribution >= 4 is 39.2 Å². The van der Waals surface area contributed by atoms with E-state index in [1.54, 1.807) is 11.3 Å². The summed E-state index contributed by atoms with van der Waals surface area (Å²) >= 11 is 1.64. The number of pyridine rings is 1. The minimum absolute atomic E-state index is 0.0452. The Morgan fingerprint density at radius 2 is 1.97 bits per heavy atom. The zero-order chi connectivity index (χ0) is 21.3. The predicted octanol–water partition coefficient (Wildman–Crippen LogP) is 2.57. The highest BCUT2D eigenvalue weighted by molar-refractivity contribution is 7.17. The molecule has 1 aliphatic heterocycles. The summed E-state index contributed by atoms with van der Waals surface area (Å²) in [6.45, 7) is 10.3. The summed E-state index contributed by atoms with van der Waals surface area (Å²) in [5.41, 5.74) is 2.86. The molecule has 3 heterocycles. The number of thiophene rings is 1. The van der Waals surface area contributed by atoms with E-state index in [-0.39, 0.29) is 17.9 Å². The van der Waals surface area contributed by atoms with Crippen molar-refractivity contribution in [3.05, 3.63) is 22.6 Å². The molecule has 7 nitrogen and oxygen atoms in total. The van der Waals surface area contributed by atoms with E-state index in [1.807, 2.05) is 26.2 Å². The van der Waals surface area contributed by atoms with Gasteiger partial charge in [-0.25, -0.2) is 4.98 Å². The molecule has 2 aromatic heterocycles. The SMILES string of the molecule is CCNC(=O)c1csc2c(C3CC3)cc(N3CCN(CC(=O)NC(C)C)CC3)nc12. The van der Waals surface area contributed by atoms with Crippen LogP contribution in [-0.4, -0.2) is 67.0 Å². The molecule has 0 radical (unpaired) electrons. The molecule has 0 atom stereocenters. The monoisotopic (exact) mass is 429 g/mol. The number of fused-ring (bicyclic) bond motifs is 1. The molecule has 4 rings (SSSR count). The zero-order valence-electron chi connectivity index (χ0n) is 18.0. The summed E-state index contributed by atoms with van der Waals surface area (Å²) < 4.78 is 1.16. The summed E-state index contributed by atoms with van der Waals surface area (Å²) in [5, 5.41) is 7.82. The Balaban J connectivity index is 1.52. The number of carbonyl (C=O) groups is 2.